The summed E-state index contributed by atoms with van der Waals surface area (Å²) in [4.78, 5) is 0. The monoisotopic (exact) mass is 249 g/mol. The number of nitrogens with one attached hydrogen (secondary N) is 1. The van der Waals surface area contributed by atoms with Crippen LogP contribution in [0.3, 0.4) is 0 Å². The SMILES string of the molecule is Fc1cc(F)cc(OCCNc2ccccc2)c1. The number of para-hydroxylation sites is 1. The highest BCUT2D eigenvalue weighted by molar-refractivity contribution is 5.42. The van der Waals surface area contributed by atoms with Crippen molar-refractivity contribution in [3.05, 3.63) is 60.2 Å². The predicted octanol–water partition coefficient (Wildman–Crippen LogP) is 3.46. The molecule has 0 amide bonds. The van der Waals surface area contributed by atoms with Crippen molar-refractivity contribution in [3.63, 3.8) is 0 Å². The van der Waals surface area contributed by atoms with Crippen molar-refractivity contribution in [1.82, 2.24) is 0 Å². The van der Waals surface area contributed by atoms with E-state index in [1.54, 1.807) is 0 Å². The molecule has 0 fully saturated rings. The topological polar surface area (TPSA) is 21.3 Å². The summed E-state index contributed by atoms with van der Waals surface area (Å²) in [7, 11) is 0. The van der Waals surface area contributed by atoms with E-state index in [4.69, 9.17) is 4.74 Å². The van der Waals surface area contributed by atoms with Crippen molar-refractivity contribution in [2.24, 2.45) is 0 Å². The molecule has 2 aromatic carbocycles. The lowest BCUT2D eigenvalue weighted by Gasteiger charge is -2.08. The van der Waals surface area contributed by atoms with Crippen molar-refractivity contribution in [3.8, 4) is 5.75 Å². The molecule has 0 unspecified atom stereocenters. The number of benzene rings is 2. The Labute approximate surface area is 104 Å². The molecule has 4 heteroatoms. The molecule has 0 saturated heterocycles. The Morgan fingerprint density at radius 3 is 2.28 bits per heavy atom. The molecule has 2 aromatic rings. The van der Waals surface area contributed by atoms with Crippen LogP contribution in [0.4, 0.5) is 14.5 Å². The third kappa shape index (κ3) is 3.73. The second kappa shape index (κ2) is 6.00. The van der Waals surface area contributed by atoms with Crippen LogP contribution in [0.2, 0.25) is 0 Å². The van der Waals surface area contributed by atoms with Crippen molar-refractivity contribution < 1.29 is 13.5 Å². The van der Waals surface area contributed by atoms with Crippen LogP contribution < -0.4 is 10.1 Å². The van der Waals surface area contributed by atoms with Crippen LogP contribution in [0, 0.1) is 11.6 Å². The van der Waals surface area contributed by atoms with Crippen LogP contribution in [0.15, 0.2) is 48.5 Å². The maximum atomic E-state index is 12.9. The van der Waals surface area contributed by atoms with E-state index in [0.29, 0.717) is 13.2 Å². The molecule has 0 spiro atoms. The van der Waals surface area contributed by atoms with E-state index in [-0.39, 0.29) is 5.75 Å². The molecule has 2 nitrogen and oxygen atoms in total. The molecule has 0 aliphatic carbocycles. The van der Waals surface area contributed by atoms with E-state index < -0.39 is 11.6 Å². The Bertz CT molecular complexity index is 482. The highest BCUT2D eigenvalue weighted by Crippen LogP contribution is 2.15. The third-order valence-corrected chi connectivity index (χ3v) is 2.31. The second-order valence-electron chi connectivity index (χ2n) is 3.75. The zero-order valence-electron chi connectivity index (χ0n) is 9.70. The van der Waals surface area contributed by atoms with Gasteiger partial charge in [-0.25, -0.2) is 8.78 Å². The average Bonchev–Trinajstić information content (AvgIpc) is 2.35. The van der Waals surface area contributed by atoms with E-state index in [1.165, 1.54) is 0 Å². The minimum absolute atomic E-state index is 0.197. The fourth-order valence-corrected chi connectivity index (χ4v) is 1.53. The van der Waals surface area contributed by atoms with E-state index in [9.17, 15) is 8.78 Å². The summed E-state index contributed by atoms with van der Waals surface area (Å²) in [6.45, 7) is 0.889. The van der Waals surface area contributed by atoms with Crippen molar-refractivity contribution >= 4 is 5.69 Å². The van der Waals surface area contributed by atoms with Gasteiger partial charge in [-0.15, -0.1) is 0 Å². The van der Waals surface area contributed by atoms with Crippen LogP contribution in [-0.2, 0) is 0 Å². The molecule has 0 heterocycles. The maximum absolute atomic E-state index is 12.9. The molecular weight excluding hydrogens is 236 g/mol. The highest BCUT2D eigenvalue weighted by atomic mass is 19.1. The zero-order chi connectivity index (χ0) is 12.8. The van der Waals surface area contributed by atoms with E-state index >= 15 is 0 Å². The standard InChI is InChI=1S/C14H13F2NO/c15-11-8-12(16)10-14(9-11)18-7-6-17-13-4-2-1-3-5-13/h1-5,8-10,17H,6-7H2. The zero-order valence-corrected chi connectivity index (χ0v) is 9.70. The number of rotatable bonds is 5. The molecule has 18 heavy (non-hydrogen) atoms. The molecule has 0 aliphatic rings. The van der Waals surface area contributed by atoms with Gasteiger partial charge in [-0.05, 0) is 12.1 Å². The lowest BCUT2D eigenvalue weighted by atomic mass is 10.3. The van der Waals surface area contributed by atoms with Crippen LogP contribution in [0.25, 0.3) is 0 Å². The Morgan fingerprint density at radius 2 is 1.61 bits per heavy atom. The third-order valence-electron chi connectivity index (χ3n) is 2.31. The van der Waals surface area contributed by atoms with Gasteiger partial charge in [0.1, 0.15) is 24.0 Å². The molecule has 0 radical (unpaired) electrons. The molecule has 0 saturated carbocycles. The van der Waals surface area contributed by atoms with Gasteiger partial charge in [0.25, 0.3) is 0 Å². The van der Waals surface area contributed by atoms with Gasteiger partial charge in [-0.3, -0.25) is 0 Å². The van der Waals surface area contributed by atoms with E-state index in [1.807, 2.05) is 30.3 Å². The summed E-state index contributed by atoms with van der Waals surface area (Å²) in [5, 5.41) is 3.13. The van der Waals surface area contributed by atoms with Crippen LogP contribution in [0.5, 0.6) is 5.75 Å². The normalized spacial score (nSPS) is 10.1. The molecule has 0 aliphatic heterocycles. The van der Waals surface area contributed by atoms with Crippen LogP contribution >= 0.6 is 0 Å². The molecule has 0 atom stereocenters. The van der Waals surface area contributed by atoms with Crippen molar-refractivity contribution in [1.29, 1.82) is 0 Å². The van der Waals surface area contributed by atoms with Crippen molar-refractivity contribution in [2.75, 3.05) is 18.5 Å². The largest absolute Gasteiger partial charge is 0.492 e. The Balaban J connectivity index is 1.78. The number of hydrogen-bond acceptors (Lipinski definition) is 2. The summed E-state index contributed by atoms with van der Waals surface area (Å²) >= 11 is 0. The quantitative estimate of drug-likeness (QED) is 0.819. The Kier molecular flexibility index (Phi) is 4.12. The fourth-order valence-electron chi connectivity index (χ4n) is 1.53. The van der Waals surface area contributed by atoms with Crippen molar-refractivity contribution in [2.45, 2.75) is 0 Å². The number of hydrogen-bond donors (Lipinski definition) is 1. The van der Waals surface area contributed by atoms with Gasteiger partial charge in [0, 0.05) is 30.4 Å². The van der Waals surface area contributed by atoms with Crippen LogP contribution in [-0.4, -0.2) is 13.2 Å². The van der Waals surface area contributed by atoms with Gasteiger partial charge in [0.05, 0.1) is 0 Å². The number of ether oxygens (including phenoxy) is 1. The molecule has 0 aromatic heterocycles. The van der Waals surface area contributed by atoms with Crippen LogP contribution in [0.1, 0.15) is 0 Å². The van der Waals surface area contributed by atoms with Gasteiger partial charge in [0.2, 0.25) is 0 Å². The fraction of sp³-hybridized carbons (Fsp3) is 0.143. The number of halogens is 2. The van der Waals surface area contributed by atoms with Gasteiger partial charge in [-0.1, -0.05) is 18.2 Å². The van der Waals surface area contributed by atoms with E-state index in [2.05, 4.69) is 5.32 Å². The summed E-state index contributed by atoms with van der Waals surface area (Å²) < 4.78 is 31.0. The van der Waals surface area contributed by atoms with E-state index in [0.717, 1.165) is 23.9 Å². The smallest absolute Gasteiger partial charge is 0.129 e. The van der Waals surface area contributed by atoms with Gasteiger partial charge < -0.3 is 10.1 Å². The molecule has 0 bridgehead atoms. The first-order valence-corrected chi connectivity index (χ1v) is 5.62. The first-order chi connectivity index (χ1) is 8.74. The highest BCUT2D eigenvalue weighted by Gasteiger charge is 2.01. The summed E-state index contributed by atoms with van der Waals surface area (Å²) in [6, 6.07) is 12.8. The Morgan fingerprint density at radius 1 is 0.944 bits per heavy atom. The summed E-state index contributed by atoms with van der Waals surface area (Å²) in [6.07, 6.45) is 0. The molecular formula is C14H13F2NO. The minimum atomic E-state index is -0.638. The van der Waals surface area contributed by atoms with Gasteiger partial charge in [-0.2, -0.15) is 0 Å². The first kappa shape index (κ1) is 12.4. The summed E-state index contributed by atoms with van der Waals surface area (Å²) in [5.74, 6) is -1.08. The lowest BCUT2D eigenvalue weighted by molar-refractivity contribution is 0.329. The Hall–Kier alpha value is -2.10. The lowest BCUT2D eigenvalue weighted by Crippen LogP contribution is -2.11. The number of anilines is 1. The summed E-state index contributed by atoms with van der Waals surface area (Å²) in [5.41, 5.74) is 0.978. The average molecular weight is 249 g/mol. The minimum Gasteiger partial charge on any atom is -0.492 e. The maximum Gasteiger partial charge on any atom is 0.129 e. The molecule has 94 valence electrons. The molecule has 2 rings (SSSR count). The van der Waals surface area contributed by atoms with Gasteiger partial charge >= 0.3 is 0 Å². The predicted molar refractivity (Wildman–Crippen MR) is 66.8 cm³/mol. The first-order valence-electron chi connectivity index (χ1n) is 5.62. The van der Waals surface area contributed by atoms with Gasteiger partial charge in [0.15, 0.2) is 0 Å². The molecule has 1 N–H and O–H groups in total. The second-order valence-corrected chi connectivity index (χ2v) is 3.75.